The van der Waals surface area contributed by atoms with E-state index < -0.39 is 0 Å². The molecule has 1 N–H and O–H groups in total. The number of thioether (sulfide) groups is 1. The molecule has 1 aliphatic rings. The van der Waals surface area contributed by atoms with Gasteiger partial charge in [-0.15, -0.1) is 0 Å². The Morgan fingerprint density at radius 3 is 2.76 bits per heavy atom. The van der Waals surface area contributed by atoms with Crippen molar-refractivity contribution in [2.24, 2.45) is 5.92 Å². The summed E-state index contributed by atoms with van der Waals surface area (Å²) in [7, 11) is 0. The summed E-state index contributed by atoms with van der Waals surface area (Å²) in [5.74, 6) is 3.40. The third-order valence-electron chi connectivity index (χ3n) is 3.73. The maximum atomic E-state index is 3.62. The first-order chi connectivity index (χ1) is 8.20. The topological polar surface area (TPSA) is 12.0 Å². The van der Waals surface area contributed by atoms with Crippen LogP contribution in [0.4, 0.5) is 0 Å². The molecule has 2 atom stereocenters. The molecule has 1 fully saturated rings. The van der Waals surface area contributed by atoms with Crippen LogP contribution in [0.3, 0.4) is 0 Å². The van der Waals surface area contributed by atoms with Crippen LogP contribution in [0.2, 0.25) is 0 Å². The van der Waals surface area contributed by atoms with E-state index in [1.165, 1.54) is 34.6 Å². The van der Waals surface area contributed by atoms with Gasteiger partial charge in [0.15, 0.2) is 0 Å². The SMILES string of the molecule is CCNC1CSCC1Cc1ccc(C)c(C)c1. The van der Waals surface area contributed by atoms with Gasteiger partial charge in [0.05, 0.1) is 0 Å². The van der Waals surface area contributed by atoms with Crippen LogP contribution in [0.1, 0.15) is 23.6 Å². The summed E-state index contributed by atoms with van der Waals surface area (Å²) in [5.41, 5.74) is 4.33. The molecule has 0 aromatic heterocycles. The summed E-state index contributed by atoms with van der Waals surface area (Å²) < 4.78 is 0. The molecular weight excluding hydrogens is 226 g/mol. The predicted octanol–water partition coefficient (Wildman–Crippen LogP) is 3.19. The second-order valence-electron chi connectivity index (χ2n) is 5.08. The third-order valence-corrected chi connectivity index (χ3v) is 4.99. The molecule has 1 aromatic rings. The fourth-order valence-electron chi connectivity index (χ4n) is 2.52. The van der Waals surface area contributed by atoms with Crippen LogP contribution in [-0.2, 0) is 6.42 Å². The van der Waals surface area contributed by atoms with E-state index in [0.717, 1.165) is 12.5 Å². The van der Waals surface area contributed by atoms with Crippen molar-refractivity contribution in [3.63, 3.8) is 0 Å². The van der Waals surface area contributed by atoms with E-state index in [2.05, 4.69) is 56.0 Å². The van der Waals surface area contributed by atoms with Crippen molar-refractivity contribution < 1.29 is 0 Å². The smallest absolute Gasteiger partial charge is 0.0197 e. The first-order valence-corrected chi connectivity index (χ1v) is 7.73. The minimum atomic E-state index is 0.714. The molecule has 0 radical (unpaired) electrons. The Kier molecular flexibility index (Phi) is 4.52. The minimum Gasteiger partial charge on any atom is -0.313 e. The molecule has 2 unspecified atom stereocenters. The molecule has 0 amide bonds. The lowest BCUT2D eigenvalue weighted by Crippen LogP contribution is -2.36. The standard InChI is InChI=1S/C15H23NS/c1-4-16-15-10-17-9-14(15)8-13-6-5-11(2)12(3)7-13/h5-7,14-16H,4,8-10H2,1-3H3. The van der Waals surface area contributed by atoms with Crippen LogP contribution in [0.25, 0.3) is 0 Å². The molecule has 0 aliphatic carbocycles. The van der Waals surface area contributed by atoms with Crippen molar-refractivity contribution in [1.82, 2.24) is 5.32 Å². The highest BCUT2D eigenvalue weighted by molar-refractivity contribution is 7.99. The van der Waals surface area contributed by atoms with Crippen molar-refractivity contribution >= 4 is 11.8 Å². The van der Waals surface area contributed by atoms with Crippen molar-refractivity contribution in [2.75, 3.05) is 18.1 Å². The zero-order valence-corrected chi connectivity index (χ0v) is 11.9. The Hall–Kier alpha value is -0.470. The second-order valence-corrected chi connectivity index (χ2v) is 6.16. The minimum absolute atomic E-state index is 0.714. The molecule has 1 heterocycles. The number of hydrogen-bond donors (Lipinski definition) is 1. The molecule has 2 rings (SSSR count). The summed E-state index contributed by atoms with van der Waals surface area (Å²) in [6, 6.07) is 7.64. The maximum Gasteiger partial charge on any atom is 0.0197 e. The van der Waals surface area contributed by atoms with Crippen LogP contribution in [0.15, 0.2) is 18.2 Å². The Balaban J connectivity index is 2.02. The molecule has 94 valence electrons. The average Bonchev–Trinajstić information content (AvgIpc) is 2.72. The lowest BCUT2D eigenvalue weighted by atomic mass is 9.93. The molecule has 1 aromatic carbocycles. The molecule has 0 spiro atoms. The number of benzene rings is 1. The van der Waals surface area contributed by atoms with Gasteiger partial charge in [-0.2, -0.15) is 11.8 Å². The van der Waals surface area contributed by atoms with E-state index in [1.807, 2.05) is 0 Å². The summed E-state index contributed by atoms with van der Waals surface area (Å²) in [5, 5.41) is 3.62. The Morgan fingerprint density at radius 1 is 1.24 bits per heavy atom. The van der Waals surface area contributed by atoms with Crippen LogP contribution in [-0.4, -0.2) is 24.1 Å². The van der Waals surface area contributed by atoms with Gasteiger partial charge in [0.25, 0.3) is 0 Å². The molecule has 1 aliphatic heterocycles. The third kappa shape index (κ3) is 3.26. The molecule has 17 heavy (non-hydrogen) atoms. The lowest BCUT2D eigenvalue weighted by Gasteiger charge is -2.19. The predicted molar refractivity (Wildman–Crippen MR) is 77.9 cm³/mol. The number of nitrogens with one attached hydrogen (secondary N) is 1. The normalized spacial score (nSPS) is 24.2. The average molecular weight is 249 g/mol. The van der Waals surface area contributed by atoms with E-state index in [-0.39, 0.29) is 0 Å². The van der Waals surface area contributed by atoms with Crippen LogP contribution in [0, 0.1) is 19.8 Å². The quantitative estimate of drug-likeness (QED) is 0.879. The van der Waals surface area contributed by atoms with E-state index in [0.29, 0.717) is 6.04 Å². The van der Waals surface area contributed by atoms with Crippen molar-refractivity contribution in [1.29, 1.82) is 0 Å². The molecule has 0 bridgehead atoms. The van der Waals surface area contributed by atoms with Gasteiger partial charge in [0, 0.05) is 11.8 Å². The highest BCUT2D eigenvalue weighted by Gasteiger charge is 2.26. The van der Waals surface area contributed by atoms with Gasteiger partial charge in [-0.3, -0.25) is 0 Å². The van der Waals surface area contributed by atoms with Gasteiger partial charge in [-0.25, -0.2) is 0 Å². The first-order valence-electron chi connectivity index (χ1n) is 6.58. The largest absolute Gasteiger partial charge is 0.313 e. The van der Waals surface area contributed by atoms with Gasteiger partial charge >= 0.3 is 0 Å². The van der Waals surface area contributed by atoms with E-state index in [1.54, 1.807) is 0 Å². The first kappa shape index (κ1) is 13.0. The molecule has 0 saturated carbocycles. The van der Waals surface area contributed by atoms with Crippen LogP contribution >= 0.6 is 11.8 Å². The van der Waals surface area contributed by atoms with E-state index >= 15 is 0 Å². The Bertz CT molecular complexity index is 375. The van der Waals surface area contributed by atoms with Crippen molar-refractivity contribution in [3.8, 4) is 0 Å². The van der Waals surface area contributed by atoms with Gasteiger partial charge in [0.2, 0.25) is 0 Å². The molecule has 2 heteroatoms. The highest BCUT2D eigenvalue weighted by Crippen LogP contribution is 2.27. The zero-order chi connectivity index (χ0) is 12.3. The van der Waals surface area contributed by atoms with Crippen LogP contribution < -0.4 is 5.32 Å². The van der Waals surface area contributed by atoms with Crippen molar-refractivity contribution in [3.05, 3.63) is 34.9 Å². The number of hydrogen-bond acceptors (Lipinski definition) is 2. The van der Waals surface area contributed by atoms with Gasteiger partial charge < -0.3 is 5.32 Å². The monoisotopic (exact) mass is 249 g/mol. The molecule has 1 saturated heterocycles. The summed E-state index contributed by atoms with van der Waals surface area (Å²) in [6.07, 6.45) is 1.23. The summed E-state index contributed by atoms with van der Waals surface area (Å²) >= 11 is 2.09. The Labute approximate surface area is 109 Å². The molecular formula is C15H23NS. The van der Waals surface area contributed by atoms with E-state index in [4.69, 9.17) is 0 Å². The second kappa shape index (κ2) is 5.92. The zero-order valence-electron chi connectivity index (χ0n) is 11.1. The van der Waals surface area contributed by atoms with Gasteiger partial charge in [-0.1, -0.05) is 25.1 Å². The van der Waals surface area contributed by atoms with Crippen LogP contribution in [0.5, 0.6) is 0 Å². The maximum absolute atomic E-state index is 3.62. The summed E-state index contributed by atoms with van der Waals surface area (Å²) in [6.45, 7) is 7.70. The van der Waals surface area contributed by atoms with Crippen molar-refractivity contribution in [2.45, 2.75) is 33.2 Å². The number of aryl methyl sites for hydroxylation is 2. The Morgan fingerprint density at radius 2 is 2.06 bits per heavy atom. The lowest BCUT2D eigenvalue weighted by molar-refractivity contribution is 0.434. The van der Waals surface area contributed by atoms with Gasteiger partial charge in [0.1, 0.15) is 0 Å². The highest BCUT2D eigenvalue weighted by atomic mass is 32.2. The van der Waals surface area contributed by atoms with E-state index in [9.17, 15) is 0 Å². The fourth-order valence-corrected chi connectivity index (χ4v) is 3.95. The van der Waals surface area contributed by atoms with Gasteiger partial charge in [-0.05, 0) is 55.2 Å². The summed E-state index contributed by atoms with van der Waals surface area (Å²) in [4.78, 5) is 0. The molecule has 1 nitrogen and oxygen atoms in total. The number of rotatable bonds is 4. The fraction of sp³-hybridized carbons (Fsp3) is 0.600.